The Morgan fingerprint density at radius 1 is 0.423 bits per heavy atom. The molecule has 7 aromatic rings. The zero-order valence-corrected chi connectivity index (χ0v) is 28.8. The molecule has 0 bridgehead atoms. The summed E-state index contributed by atoms with van der Waals surface area (Å²) in [7, 11) is -2.23. The van der Waals surface area contributed by atoms with Gasteiger partial charge in [-0.15, -0.1) is 0 Å². The van der Waals surface area contributed by atoms with Crippen LogP contribution in [-0.2, 0) is 10.1 Å². The summed E-state index contributed by atoms with van der Waals surface area (Å²) in [6.45, 7) is 0.159. The van der Waals surface area contributed by atoms with Crippen LogP contribution in [0.15, 0.2) is 213 Å². The number of pyridine rings is 2. The van der Waals surface area contributed by atoms with Crippen molar-refractivity contribution in [3.8, 4) is 11.5 Å². The Morgan fingerprint density at radius 3 is 1.06 bits per heavy atom. The standard InChI is InChI=1S/C22H21BO3.2C11H10NO/c24-23(25)26-18-10-17-22(19-11-4-1-5-12-19,20-13-6-2-7-14-20)21-15-8-3-9-16-21;2*1-3-7-11(8-4-1)13-12-9-5-2-6-10-12/h1-9,11-16H,10,17-18H2;2*1-10H/q-2;2*+1. The van der Waals surface area contributed by atoms with E-state index in [0.29, 0.717) is 6.42 Å². The van der Waals surface area contributed by atoms with E-state index < -0.39 is 7.32 Å². The monoisotopic (exact) mass is 688 g/mol. The minimum absolute atomic E-state index is 0.159. The Kier molecular flexibility index (Phi) is 14.7. The second kappa shape index (κ2) is 20.6. The summed E-state index contributed by atoms with van der Waals surface area (Å²) in [6, 6.07) is 62.0. The van der Waals surface area contributed by atoms with Gasteiger partial charge in [-0.1, -0.05) is 140 Å². The number of hydrogen-bond donors (Lipinski definition) is 0. The van der Waals surface area contributed by atoms with Gasteiger partial charge in [-0.05, 0) is 53.8 Å². The summed E-state index contributed by atoms with van der Waals surface area (Å²) in [5.41, 5.74) is 3.17. The first kappa shape index (κ1) is 37.2. The smallest absolute Gasteiger partial charge is 0.223 e. The average molecular weight is 689 g/mol. The van der Waals surface area contributed by atoms with Gasteiger partial charge in [0.2, 0.25) is 36.3 Å². The van der Waals surface area contributed by atoms with Crippen LogP contribution in [0.4, 0.5) is 0 Å². The molecule has 0 saturated heterocycles. The molecule has 0 unspecified atom stereocenters. The van der Waals surface area contributed by atoms with Gasteiger partial charge in [-0.25, -0.2) is 9.68 Å². The number of nitrogens with zero attached hydrogens (tertiary/aromatic N) is 2. The van der Waals surface area contributed by atoms with Gasteiger partial charge in [0.05, 0.1) is 7.32 Å². The number of aromatic nitrogens is 2. The van der Waals surface area contributed by atoms with E-state index >= 15 is 0 Å². The van der Waals surface area contributed by atoms with Crippen molar-refractivity contribution in [1.82, 2.24) is 0 Å². The lowest BCUT2D eigenvalue weighted by molar-refractivity contribution is -0.875. The van der Waals surface area contributed by atoms with Crippen molar-refractivity contribution in [2.75, 3.05) is 6.61 Å². The molecule has 0 N–H and O–H groups in total. The summed E-state index contributed by atoms with van der Waals surface area (Å²) in [5, 5.41) is 21.4. The summed E-state index contributed by atoms with van der Waals surface area (Å²) >= 11 is 0. The van der Waals surface area contributed by atoms with Crippen molar-refractivity contribution < 1.29 is 33.8 Å². The lowest BCUT2D eigenvalue weighted by Crippen LogP contribution is -2.48. The van der Waals surface area contributed by atoms with Crippen LogP contribution in [0.5, 0.6) is 11.5 Å². The highest BCUT2D eigenvalue weighted by molar-refractivity contribution is 6.28. The van der Waals surface area contributed by atoms with Gasteiger partial charge in [0.15, 0.2) is 0 Å². The van der Waals surface area contributed by atoms with Crippen LogP contribution in [0, 0.1) is 0 Å². The van der Waals surface area contributed by atoms with Crippen molar-refractivity contribution in [2.45, 2.75) is 18.3 Å². The molecular formula is C44H41BN2O5. The Balaban J connectivity index is 0.000000168. The van der Waals surface area contributed by atoms with Crippen LogP contribution in [0.25, 0.3) is 0 Å². The molecule has 0 atom stereocenters. The van der Waals surface area contributed by atoms with Gasteiger partial charge in [0, 0.05) is 45.7 Å². The maximum Gasteiger partial charge on any atom is 0.223 e. The van der Waals surface area contributed by atoms with Crippen LogP contribution in [0.1, 0.15) is 29.5 Å². The van der Waals surface area contributed by atoms with Gasteiger partial charge in [-0.2, -0.15) is 0 Å². The predicted molar refractivity (Wildman–Crippen MR) is 198 cm³/mol. The Hall–Kier alpha value is -6.06. The van der Waals surface area contributed by atoms with Gasteiger partial charge >= 0.3 is 0 Å². The van der Waals surface area contributed by atoms with E-state index in [1.54, 1.807) is 9.46 Å². The van der Waals surface area contributed by atoms with Crippen molar-refractivity contribution in [3.63, 3.8) is 0 Å². The first-order valence-electron chi connectivity index (χ1n) is 17.1. The number of para-hydroxylation sites is 2. The topological polar surface area (TPSA) is 81.6 Å². The number of rotatable bonds is 12. The Bertz CT molecular complexity index is 1690. The Morgan fingerprint density at radius 2 is 0.731 bits per heavy atom. The lowest BCUT2D eigenvalue weighted by Gasteiger charge is -2.37. The quantitative estimate of drug-likeness (QED) is 0.0666. The third-order valence-corrected chi connectivity index (χ3v) is 8.03. The minimum Gasteiger partial charge on any atom is -0.871 e. The summed E-state index contributed by atoms with van der Waals surface area (Å²) in [6.07, 6.45) is 8.76. The molecule has 0 aliphatic carbocycles. The molecule has 0 amide bonds. The predicted octanol–water partition coefficient (Wildman–Crippen LogP) is 6.16. The highest BCUT2D eigenvalue weighted by Crippen LogP contribution is 2.42. The average Bonchev–Trinajstić information content (AvgIpc) is 3.21. The molecule has 7 nitrogen and oxygen atoms in total. The van der Waals surface area contributed by atoms with E-state index in [4.69, 9.17) is 14.3 Å². The molecule has 5 aromatic carbocycles. The molecule has 0 spiro atoms. The normalized spacial score (nSPS) is 10.4. The van der Waals surface area contributed by atoms with E-state index in [2.05, 4.69) is 36.4 Å². The van der Waals surface area contributed by atoms with E-state index in [1.807, 2.05) is 176 Å². The summed E-state index contributed by atoms with van der Waals surface area (Å²) in [4.78, 5) is 11.0. The van der Waals surface area contributed by atoms with Crippen LogP contribution < -0.4 is 29.2 Å². The largest absolute Gasteiger partial charge is 0.871 e. The zero-order chi connectivity index (χ0) is 36.1. The minimum atomic E-state index is -2.23. The van der Waals surface area contributed by atoms with Crippen molar-refractivity contribution in [1.29, 1.82) is 0 Å². The maximum atomic E-state index is 10.7. The van der Waals surface area contributed by atoms with Gasteiger partial charge in [0.25, 0.3) is 0 Å². The molecule has 0 saturated carbocycles. The first-order valence-corrected chi connectivity index (χ1v) is 17.1. The molecule has 260 valence electrons. The second-order valence-electron chi connectivity index (χ2n) is 11.5. The zero-order valence-electron chi connectivity index (χ0n) is 28.8. The highest BCUT2D eigenvalue weighted by atomic mass is 16.7. The molecule has 0 aliphatic rings. The van der Waals surface area contributed by atoms with Gasteiger partial charge in [-0.3, -0.25) is 0 Å². The lowest BCUT2D eigenvalue weighted by atomic mass is 9.67. The molecule has 8 heteroatoms. The molecule has 2 aromatic heterocycles. The fourth-order valence-electron chi connectivity index (χ4n) is 5.71. The molecule has 52 heavy (non-hydrogen) atoms. The summed E-state index contributed by atoms with van der Waals surface area (Å²) in [5.74, 6) is 1.66. The molecule has 0 aliphatic heterocycles. The van der Waals surface area contributed by atoms with Crippen LogP contribution in [-0.4, -0.2) is 13.9 Å². The molecular weight excluding hydrogens is 647 g/mol. The van der Waals surface area contributed by atoms with E-state index in [1.165, 1.54) is 16.7 Å². The fraction of sp³-hybridized carbons (Fsp3) is 0.0909. The molecule has 0 fully saturated rings. The van der Waals surface area contributed by atoms with Crippen molar-refractivity contribution in [2.24, 2.45) is 0 Å². The van der Waals surface area contributed by atoms with Gasteiger partial charge in [0.1, 0.15) is 0 Å². The Labute approximate surface area is 306 Å². The SMILES string of the molecule is [O-]B([O-])OCCCC(c1ccccc1)(c1ccccc1)c1ccccc1.c1ccc(O[n+]2ccccc2)cc1.c1ccc(O[n+]2ccccc2)cc1. The second-order valence-corrected chi connectivity index (χ2v) is 11.5. The van der Waals surface area contributed by atoms with Gasteiger partial charge < -0.3 is 14.7 Å². The third kappa shape index (κ3) is 11.5. The number of benzene rings is 5. The number of hydrogen-bond acceptors (Lipinski definition) is 5. The van der Waals surface area contributed by atoms with Crippen LogP contribution >= 0.6 is 0 Å². The molecule has 0 radical (unpaired) electrons. The summed E-state index contributed by atoms with van der Waals surface area (Å²) < 4.78 is 8.06. The van der Waals surface area contributed by atoms with E-state index in [9.17, 15) is 10.0 Å². The van der Waals surface area contributed by atoms with Crippen molar-refractivity contribution >= 4 is 7.32 Å². The fourth-order valence-corrected chi connectivity index (χ4v) is 5.71. The third-order valence-electron chi connectivity index (χ3n) is 8.03. The highest BCUT2D eigenvalue weighted by Gasteiger charge is 2.35. The molecule has 7 rings (SSSR count). The van der Waals surface area contributed by atoms with E-state index in [-0.39, 0.29) is 12.0 Å². The first-order chi connectivity index (χ1) is 25.6. The van der Waals surface area contributed by atoms with Crippen molar-refractivity contribution in [3.05, 3.63) is 230 Å². The van der Waals surface area contributed by atoms with Crippen LogP contribution in [0.2, 0.25) is 0 Å². The maximum absolute atomic E-state index is 10.7. The van der Waals surface area contributed by atoms with E-state index in [0.717, 1.165) is 17.9 Å². The van der Waals surface area contributed by atoms with Crippen LogP contribution in [0.3, 0.4) is 0 Å². The molecule has 2 heterocycles.